The summed E-state index contributed by atoms with van der Waals surface area (Å²) in [6.07, 6.45) is 7.81. The van der Waals surface area contributed by atoms with Gasteiger partial charge >= 0.3 is 5.97 Å². The van der Waals surface area contributed by atoms with Gasteiger partial charge in [-0.15, -0.1) is 13.2 Å². The molecule has 0 aliphatic heterocycles. The van der Waals surface area contributed by atoms with Gasteiger partial charge in [0, 0.05) is 0 Å². The van der Waals surface area contributed by atoms with Crippen molar-refractivity contribution in [3.63, 3.8) is 0 Å². The molecule has 0 spiro atoms. The van der Waals surface area contributed by atoms with Crippen LogP contribution < -0.4 is 0 Å². The average molecular weight is 268 g/mol. The van der Waals surface area contributed by atoms with Gasteiger partial charge in [-0.25, -0.2) is 9.78 Å². The Balaban J connectivity index is 2.68. The second kappa shape index (κ2) is 6.02. The van der Waals surface area contributed by atoms with Gasteiger partial charge in [-0.3, -0.25) is 4.57 Å². The van der Waals surface area contributed by atoms with Crippen molar-refractivity contribution in [3.8, 4) is 5.69 Å². The van der Waals surface area contributed by atoms with Gasteiger partial charge in [-0.05, 0) is 24.0 Å². The third-order valence-corrected chi connectivity index (χ3v) is 3.03. The zero-order valence-corrected chi connectivity index (χ0v) is 11.1. The lowest BCUT2D eigenvalue weighted by Gasteiger charge is -2.15. The molecule has 1 heterocycles. The average Bonchev–Trinajstić information content (AvgIpc) is 2.89. The number of hydrogen-bond acceptors (Lipinski definition) is 2. The molecule has 0 amide bonds. The predicted molar refractivity (Wildman–Crippen MR) is 78.3 cm³/mol. The molecule has 0 bridgehead atoms. The van der Waals surface area contributed by atoms with E-state index in [1.807, 2.05) is 18.2 Å². The number of allylic oxidation sites excluding steroid dienone is 2. The molecule has 20 heavy (non-hydrogen) atoms. The largest absolute Gasteiger partial charge is 0.477 e. The molecule has 0 aliphatic carbocycles. The predicted octanol–water partition coefficient (Wildman–Crippen LogP) is 3.03. The molecule has 2 aromatic rings. The normalized spacial score (nSPS) is 10.2. The Morgan fingerprint density at radius 1 is 1.25 bits per heavy atom. The zero-order chi connectivity index (χ0) is 14.5. The number of hydrogen-bond donors (Lipinski definition) is 1. The first-order valence-corrected chi connectivity index (χ1v) is 6.27. The third kappa shape index (κ3) is 2.54. The van der Waals surface area contributed by atoms with Crippen LogP contribution in [0, 0.1) is 0 Å². The zero-order valence-electron chi connectivity index (χ0n) is 11.1. The maximum atomic E-state index is 11.3. The van der Waals surface area contributed by atoms with Gasteiger partial charge in [0.2, 0.25) is 0 Å². The number of nitrogens with zero attached hydrogens (tertiary/aromatic N) is 2. The van der Waals surface area contributed by atoms with E-state index < -0.39 is 5.97 Å². The van der Waals surface area contributed by atoms with E-state index in [9.17, 15) is 9.90 Å². The summed E-state index contributed by atoms with van der Waals surface area (Å²) in [6.45, 7) is 7.50. The first kappa shape index (κ1) is 13.8. The number of aromatic carboxylic acids is 1. The van der Waals surface area contributed by atoms with Crippen molar-refractivity contribution in [3.05, 3.63) is 72.9 Å². The Morgan fingerprint density at radius 2 is 1.85 bits per heavy atom. The summed E-state index contributed by atoms with van der Waals surface area (Å²) in [7, 11) is 0. The minimum Gasteiger partial charge on any atom is -0.477 e. The van der Waals surface area contributed by atoms with Crippen LogP contribution in [0.25, 0.3) is 5.69 Å². The fourth-order valence-corrected chi connectivity index (χ4v) is 2.23. The first-order valence-electron chi connectivity index (χ1n) is 6.27. The van der Waals surface area contributed by atoms with Crippen LogP contribution in [0.15, 0.2) is 56.0 Å². The summed E-state index contributed by atoms with van der Waals surface area (Å²) in [5, 5.41) is 9.26. The smallest absolute Gasteiger partial charge is 0.354 e. The maximum absolute atomic E-state index is 11.3. The van der Waals surface area contributed by atoms with Crippen LogP contribution in [0.1, 0.15) is 21.6 Å². The van der Waals surface area contributed by atoms with E-state index in [4.69, 9.17) is 0 Å². The summed E-state index contributed by atoms with van der Waals surface area (Å²) < 4.78 is 1.61. The van der Waals surface area contributed by atoms with Crippen molar-refractivity contribution in [2.24, 2.45) is 0 Å². The van der Waals surface area contributed by atoms with Crippen molar-refractivity contribution in [2.75, 3.05) is 0 Å². The molecule has 0 fully saturated rings. The standard InChI is InChI=1S/C16H16N2O2/c1-3-6-12-8-5-9-13(7-4-2)15(12)18-11-17-10-14(18)16(19)20/h3-5,8-11H,1-2,6-7H2,(H,19,20). The summed E-state index contributed by atoms with van der Waals surface area (Å²) in [5.41, 5.74) is 3.02. The molecule has 0 saturated carbocycles. The lowest BCUT2D eigenvalue weighted by atomic mass is 10.0. The van der Waals surface area contributed by atoms with Crippen molar-refractivity contribution in [2.45, 2.75) is 12.8 Å². The van der Waals surface area contributed by atoms with E-state index in [1.165, 1.54) is 12.5 Å². The van der Waals surface area contributed by atoms with Gasteiger partial charge in [-0.1, -0.05) is 30.4 Å². The molecule has 0 aliphatic rings. The minimum atomic E-state index is -1.000. The van der Waals surface area contributed by atoms with E-state index in [0.29, 0.717) is 12.8 Å². The van der Waals surface area contributed by atoms with Gasteiger partial charge in [-0.2, -0.15) is 0 Å². The number of rotatable bonds is 6. The Bertz CT molecular complexity index is 628. The first-order chi connectivity index (χ1) is 9.69. The van der Waals surface area contributed by atoms with Crippen LogP contribution in [0.2, 0.25) is 0 Å². The molecular formula is C16H16N2O2. The van der Waals surface area contributed by atoms with Gasteiger partial charge in [0.15, 0.2) is 5.69 Å². The van der Waals surface area contributed by atoms with Crippen LogP contribution >= 0.6 is 0 Å². The van der Waals surface area contributed by atoms with E-state index in [2.05, 4.69) is 18.1 Å². The Hall–Kier alpha value is -2.62. The lowest BCUT2D eigenvalue weighted by Crippen LogP contribution is -2.10. The molecule has 0 atom stereocenters. The van der Waals surface area contributed by atoms with Gasteiger partial charge < -0.3 is 5.11 Å². The van der Waals surface area contributed by atoms with Gasteiger partial charge in [0.25, 0.3) is 0 Å². The second-order valence-electron chi connectivity index (χ2n) is 4.36. The number of carboxylic acid groups (broad SMARTS) is 1. The maximum Gasteiger partial charge on any atom is 0.354 e. The van der Waals surface area contributed by atoms with E-state index in [-0.39, 0.29) is 5.69 Å². The molecule has 1 aromatic heterocycles. The van der Waals surface area contributed by atoms with Crippen LogP contribution in [0.3, 0.4) is 0 Å². The number of imidazole rings is 1. The Kier molecular flexibility index (Phi) is 4.15. The van der Waals surface area contributed by atoms with Crippen LogP contribution in [0.5, 0.6) is 0 Å². The number of carbonyl (C=O) groups is 1. The summed E-state index contributed by atoms with van der Waals surface area (Å²) >= 11 is 0. The highest BCUT2D eigenvalue weighted by Crippen LogP contribution is 2.23. The third-order valence-electron chi connectivity index (χ3n) is 3.03. The van der Waals surface area contributed by atoms with Crippen LogP contribution in [0.4, 0.5) is 0 Å². The highest BCUT2D eigenvalue weighted by molar-refractivity contribution is 5.86. The second-order valence-corrected chi connectivity index (χ2v) is 4.36. The molecule has 0 unspecified atom stereocenters. The van der Waals surface area contributed by atoms with Crippen LogP contribution in [-0.2, 0) is 12.8 Å². The highest BCUT2D eigenvalue weighted by atomic mass is 16.4. The molecular weight excluding hydrogens is 252 g/mol. The lowest BCUT2D eigenvalue weighted by molar-refractivity contribution is 0.0688. The van der Waals surface area contributed by atoms with Crippen LogP contribution in [-0.4, -0.2) is 20.6 Å². The summed E-state index contributed by atoms with van der Waals surface area (Å²) in [5.74, 6) is -1.000. The molecule has 2 rings (SSSR count). The highest BCUT2D eigenvalue weighted by Gasteiger charge is 2.16. The SMILES string of the molecule is C=CCc1cccc(CC=C)c1-n1cncc1C(=O)O. The number of carboxylic acids is 1. The molecule has 4 nitrogen and oxygen atoms in total. The number of para-hydroxylation sites is 1. The minimum absolute atomic E-state index is 0.145. The quantitative estimate of drug-likeness (QED) is 0.819. The van der Waals surface area contributed by atoms with E-state index in [1.54, 1.807) is 16.7 Å². The Labute approximate surface area is 117 Å². The number of benzene rings is 1. The molecule has 1 N–H and O–H groups in total. The molecule has 0 radical (unpaired) electrons. The summed E-state index contributed by atoms with van der Waals surface area (Å²) in [6, 6.07) is 5.89. The van der Waals surface area contributed by atoms with Crippen molar-refractivity contribution >= 4 is 5.97 Å². The fraction of sp³-hybridized carbons (Fsp3) is 0.125. The van der Waals surface area contributed by atoms with E-state index >= 15 is 0 Å². The molecule has 1 aromatic carbocycles. The molecule has 0 saturated heterocycles. The van der Waals surface area contributed by atoms with Gasteiger partial charge in [0.05, 0.1) is 18.2 Å². The van der Waals surface area contributed by atoms with Crippen molar-refractivity contribution in [1.82, 2.24) is 9.55 Å². The Morgan fingerprint density at radius 3 is 2.35 bits per heavy atom. The topological polar surface area (TPSA) is 55.1 Å². The van der Waals surface area contributed by atoms with E-state index in [0.717, 1.165) is 16.8 Å². The summed E-state index contributed by atoms with van der Waals surface area (Å²) in [4.78, 5) is 15.2. The number of aromatic nitrogens is 2. The molecule has 4 heteroatoms. The molecule has 102 valence electrons. The fourth-order valence-electron chi connectivity index (χ4n) is 2.23. The van der Waals surface area contributed by atoms with Crippen molar-refractivity contribution in [1.29, 1.82) is 0 Å². The van der Waals surface area contributed by atoms with Gasteiger partial charge in [0.1, 0.15) is 0 Å². The monoisotopic (exact) mass is 268 g/mol. The van der Waals surface area contributed by atoms with Crippen molar-refractivity contribution < 1.29 is 9.90 Å².